The van der Waals surface area contributed by atoms with Gasteiger partial charge < -0.3 is 14.8 Å². The molecule has 0 radical (unpaired) electrons. The van der Waals surface area contributed by atoms with Crippen molar-refractivity contribution in [1.82, 2.24) is 14.9 Å². The van der Waals surface area contributed by atoms with Crippen LogP contribution >= 0.6 is 11.3 Å². The first-order chi connectivity index (χ1) is 14.2. The van der Waals surface area contributed by atoms with E-state index in [9.17, 15) is 0 Å². The molecule has 29 heavy (non-hydrogen) atoms. The second-order valence-corrected chi connectivity index (χ2v) is 9.60. The maximum absolute atomic E-state index is 5.73. The minimum absolute atomic E-state index is 0.588. The number of rotatable bonds is 9. The molecule has 1 fully saturated rings. The molecule has 0 unspecified atom stereocenters. The number of anilines is 1. The van der Waals surface area contributed by atoms with Gasteiger partial charge in [0.05, 0.1) is 25.1 Å². The van der Waals surface area contributed by atoms with Gasteiger partial charge in [-0.2, -0.15) is 0 Å². The lowest BCUT2D eigenvalue weighted by Crippen LogP contribution is -2.36. The van der Waals surface area contributed by atoms with Gasteiger partial charge in [-0.25, -0.2) is 9.97 Å². The van der Waals surface area contributed by atoms with Crippen LogP contribution in [0.15, 0.2) is 0 Å². The highest BCUT2D eigenvalue weighted by atomic mass is 32.1. The summed E-state index contributed by atoms with van der Waals surface area (Å²) in [4.78, 5) is 15.0. The molecule has 1 aliphatic heterocycles. The lowest BCUT2D eigenvalue weighted by atomic mass is 9.97. The van der Waals surface area contributed by atoms with Gasteiger partial charge in [0.15, 0.2) is 0 Å². The smallest absolute Gasteiger partial charge is 0.146 e. The van der Waals surface area contributed by atoms with Crippen molar-refractivity contribution in [3.63, 3.8) is 0 Å². The summed E-state index contributed by atoms with van der Waals surface area (Å²) >= 11 is 1.88. The molecule has 0 amide bonds. The van der Waals surface area contributed by atoms with Gasteiger partial charge in [-0.05, 0) is 43.6 Å². The average molecular weight is 419 g/mol. The van der Waals surface area contributed by atoms with E-state index < -0.39 is 0 Å². The van der Waals surface area contributed by atoms with Gasteiger partial charge in [-0.3, -0.25) is 4.90 Å². The van der Waals surface area contributed by atoms with Crippen molar-refractivity contribution in [2.75, 3.05) is 51.4 Å². The van der Waals surface area contributed by atoms with E-state index in [1.54, 1.807) is 0 Å². The third-order valence-electron chi connectivity index (χ3n) is 5.54. The molecule has 4 rings (SSSR count). The van der Waals surface area contributed by atoms with E-state index in [4.69, 9.17) is 19.4 Å². The fraction of sp³-hybridized carbons (Fsp3) is 0.727. The first-order valence-electron chi connectivity index (χ1n) is 11.1. The van der Waals surface area contributed by atoms with Crippen LogP contribution in [0.25, 0.3) is 10.2 Å². The number of thiophene rings is 1. The molecule has 1 aliphatic carbocycles. The van der Waals surface area contributed by atoms with Crippen LogP contribution in [0.4, 0.5) is 5.82 Å². The molecule has 0 saturated carbocycles. The highest BCUT2D eigenvalue weighted by Crippen LogP contribution is 2.38. The number of morpholine rings is 1. The number of fused-ring (bicyclic) bond motifs is 3. The summed E-state index contributed by atoms with van der Waals surface area (Å²) in [5.74, 6) is 2.54. The van der Waals surface area contributed by atoms with E-state index in [0.29, 0.717) is 5.92 Å². The quantitative estimate of drug-likeness (QED) is 0.624. The number of nitrogens with zero attached hydrogens (tertiary/aromatic N) is 3. The molecule has 0 bridgehead atoms. The third-order valence-corrected chi connectivity index (χ3v) is 6.72. The number of aryl methyl sites for hydroxylation is 2. The summed E-state index contributed by atoms with van der Waals surface area (Å²) in [7, 11) is 0. The van der Waals surface area contributed by atoms with Crippen LogP contribution in [-0.4, -0.2) is 60.9 Å². The van der Waals surface area contributed by atoms with E-state index in [-0.39, 0.29) is 0 Å². The Morgan fingerprint density at radius 3 is 2.83 bits per heavy atom. The molecule has 0 spiro atoms. The Morgan fingerprint density at radius 1 is 1.17 bits per heavy atom. The van der Waals surface area contributed by atoms with Crippen LogP contribution in [0.3, 0.4) is 0 Å². The minimum Gasteiger partial charge on any atom is -0.381 e. The third kappa shape index (κ3) is 5.45. The molecule has 7 heteroatoms. The van der Waals surface area contributed by atoms with Crippen LogP contribution in [0.5, 0.6) is 0 Å². The molecular formula is C22H34N4O2S. The zero-order chi connectivity index (χ0) is 20.1. The molecular weight excluding hydrogens is 384 g/mol. The maximum atomic E-state index is 5.73. The molecule has 2 aliphatic rings. The lowest BCUT2D eigenvalue weighted by molar-refractivity contribution is 0.0331. The molecule has 1 N–H and O–H groups in total. The van der Waals surface area contributed by atoms with Crippen LogP contribution in [0.1, 0.15) is 49.4 Å². The van der Waals surface area contributed by atoms with Crippen molar-refractivity contribution in [3.8, 4) is 0 Å². The van der Waals surface area contributed by atoms with E-state index in [1.165, 1.54) is 35.1 Å². The lowest BCUT2D eigenvalue weighted by Gasteiger charge is -2.25. The van der Waals surface area contributed by atoms with Crippen molar-refractivity contribution in [2.24, 2.45) is 5.92 Å². The Morgan fingerprint density at radius 2 is 2.00 bits per heavy atom. The summed E-state index contributed by atoms with van der Waals surface area (Å²) < 4.78 is 11.2. The second-order valence-electron chi connectivity index (χ2n) is 8.52. The van der Waals surface area contributed by atoms with Crippen molar-refractivity contribution in [2.45, 2.75) is 52.5 Å². The van der Waals surface area contributed by atoms with Gasteiger partial charge in [0, 0.05) is 37.7 Å². The average Bonchev–Trinajstić information content (AvgIpc) is 3.09. The summed E-state index contributed by atoms with van der Waals surface area (Å²) in [6, 6.07) is 0. The summed E-state index contributed by atoms with van der Waals surface area (Å²) in [5.41, 5.74) is 1.49. The monoisotopic (exact) mass is 418 g/mol. The number of aromatic nitrogens is 2. The second kappa shape index (κ2) is 10.2. The zero-order valence-corrected chi connectivity index (χ0v) is 18.7. The Balaban J connectivity index is 1.50. The van der Waals surface area contributed by atoms with Crippen LogP contribution in [-0.2, 0) is 28.9 Å². The standard InChI is InChI=1S/C22H34N4O2S/c1-16(2)15-28-11-5-8-23-21-20-17-6-3-4-7-18(17)29-22(20)25-19(24-21)14-26-9-12-27-13-10-26/h16H,3-15H2,1-2H3,(H,23,24,25). The molecule has 0 atom stereocenters. The Bertz CT molecular complexity index is 802. The van der Waals surface area contributed by atoms with E-state index in [1.807, 2.05) is 11.3 Å². The molecule has 6 nitrogen and oxygen atoms in total. The van der Waals surface area contributed by atoms with E-state index >= 15 is 0 Å². The van der Waals surface area contributed by atoms with Crippen molar-refractivity contribution < 1.29 is 9.47 Å². The molecule has 3 heterocycles. The van der Waals surface area contributed by atoms with Crippen LogP contribution < -0.4 is 5.32 Å². The Kier molecular flexibility index (Phi) is 7.34. The van der Waals surface area contributed by atoms with Crippen molar-refractivity contribution >= 4 is 27.4 Å². The normalized spacial score (nSPS) is 17.8. The largest absolute Gasteiger partial charge is 0.381 e. The van der Waals surface area contributed by atoms with Gasteiger partial charge in [-0.15, -0.1) is 11.3 Å². The van der Waals surface area contributed by atoms with Gasteiger partial charge >= 0.3 is 0 Å². The SMILES string of the molecule is CC(C)COCCCNc1nc(CN2CCOCC2)nc2sc3c(c12)CCCC3. The summed E-state index contributed by atoms with van der Waals surface area (Å²) in [6.07, 6.45) is 5.91. The first-order valence-corrected chi connectivity index (χ1v) is 11.9. The summed E-state index contributed by atoms with van der Waals surface area (Å²) in [5, 5.41) is 4.90. The van der Waals surface area contributed by atoms with Crippen LogP contribution in [0.2, 0.25) is 0 Å². The van der Waals surface area contributed by atoms with Gasteiger partial charge in [0.1, 0.15) is 16.5 Å². The fourth-order valence-electron chi connectivity index (χ4n) is 4.06. The van der Waals surface area contributed by atoms with Crippen molar-refractivity contribution in [3.05, 3.63) is 16.3 Å². The minimum atomic E-state index is 0.588. The fourth-order valence-corrected chi connectivity index (χ4v) is 5.34. The predicted octanol–water partition coefficient (Wildman–Crippen LogP) is 3.88. The van der Waals surface area contributed by atoms with Crippen molar-refractivity contribution in [1.29, 1.82) is 0 Å². The van der Waals surface area contributed by atoms with E-state index in [0.717, 1.165) is 81.9 Å². The molecule has 2 aromatic rings. The predicted molar refractivity (Wildman–Crippen MR) is 119 cm³/mol. The highest BCUT2D eigenvalue weighted by molar-refractivity contribution is 7.19. The maximum Gasteiger partial charge on any atom is 0.146 e. The highest BCUT2D eigenvalue weighted by Gasteiger charge is 2.22. The Labute approximate surface area is 178 Å². The van der Waals surface area contributed by atoms with Gasteiger partial charge in [-0.1, -0.05) is 13.8 Å². The number of hydrogen-bond acceptors (Lipinski definition) is 7. The summed E-state index contributed by atoms with van der Waals surface area (Å²) in [6.45, 7) is 11.2. The van der Waals surface area contributed by atoms with Gasteiger partial charge in [0.25, 0.3) is 0 Å². The number of ether oxygens (including phenoxy) is 2. The number of hydrogen-bond donors (Lipinski definition) is 1. The Hall–Kier alpha value is -1.28. The molecule has 0 aromatic carbocycles. The molecule has 160 valence electrons. The first kappa shape index (κ1) is 21.0. The zero-order valence-electron chi connectivity index (χ0n) is 17.8. The van der Waals surface area contributed by atoms with Gasteiger partial charge in [0.2, 0.25) is 0 Å². The molecule has 1 saturated heterocycles. The topological polar surface area (TPSA) is 59.5 Å². The number of nitrogens with one attached hydrogen (secondary N) is 1. The molecule has 2 aromatic heterocycles. The van der Waals surface area contributed by atoms with E-state index in [2.05, 4.69) is 24.1 Å². The van der Waals surface area contributed by atoms with Crippen LogP contribution in [0, 0.1) is 5.92 Å².